The first-order valence-electron chi connectivity index (χ1n) is 6.44. The third-order valence-corrected chi connectivity index (χ3v) is 4.08. The fraction of sp³-hybridized carbons (Fsp3) is 0.286. The second kappa shape index (κ2) is 6.26. The molecule has 2 aromatic carbocycles. The number of ether oxygens (including phenoxy) is 1. The van der Waals surface area contributed by atoms with E-state index in [0.717, 1.165) is 5.39 Å². The zero-order chi connectivity index (χ0) is 18.2. The second-order valence-corrected chi connectivity index (χ2v) is 6.45. The molecule has 0 spiro atoms. The van der Waals surface area contributed by atoms with E-state index in [1.165, 1.54) is 12.1 Å². The molecule has 0 aliphatic rings. The van der Waals surface area contributed by atoms with Gasteiger partial charge in [-0.05, 0) is 22.4 Å². The van der Waals surface area contributed by atoms with Crippen LogP contribution in [0, 0.1) is 0 Å². The van der Waals surface area contributed by atoms with Crippen LogP contribution >= 0.6 is 0 Å². The van der Waals surface area contributed by atoms with Crippen molar-refractivity contribution in [2.75, 3.05) is 0 Å². The number of hydrogen-bond acceptors (Lipinski definition) is 3. The van der Waals surface area contributed by atoms with E-state index in [0.29, 0.717) is 5.39 Å². The van der Waals surface area contributed by atoms with Gasteiger partial charge in [-0.15, -0.1) is 0 Å². The molecule has 2 rings (SSSR count). The molecule has 1 N–H and O–H groups in total. The standard InChI is InChI=1S/C14H11F5O4S/c15-13(16,17)12(14(18,19)24(20,21)22)23-8-9-5-6-10-3-1-2-4-11(10)7-9/h1-7,12H,8H2,(H,20,21,22). The van der Waals surface area contributed by atoms with Crippen LogP contribution in [0.5, 0.6) is 0 Å². The molecular weight excluding hydrogens is 359 g/mol. The van der Waals surface area contributed by atoms with Crippen molar-refractivity contribution in [2.45, 2.75) is 24.1 Å². The molecule has 1 atom stereocenters. The Bertz CT molecular complexity index is 832. The van der Waals surface area contributed by atoms with Gasteiger partial charge in [0.15, 0.2) is 0 Å². The Morgan fingerprint density at radius 2 is 1.58 bits per heavy atom. The molecule has 0 heterocycles. The predicted molar refractivity (Wildman–Crippen MR) is 75.1 cm³/mol. The van der Waals surface area contributed by atoms with Gasteiger partial charge in [0.2, 0.25) is 6.10 Å². The zero-order valence-corrected chi connectivity index (χ0v) is 12.6. The Kier molecular flexibility index (Phi) is 4.84. The fourth-order valence-electron chi connectivity index (χ4n) is 2.03. The van der Waals surface area contributed by atoms with Crippen LogP contribution in [-0.4, -0.2) is 30.5 Å². The van der Waals surface area contributed by atoms with E-state index in [2.05, 4.69) is 4.74 Å². The van der Waals surface area contributed by atoms with Crippen LogP contribution in [0.3, 0.4) is 0 Å². The van der Waals surface area contributed by atoms with Crippen molar-refractivity contribution in [3.8, 4) is 0 Å². The molecule has 10 heteroatoms. The van der Waals surface area contributed by atoms with Crippen molar-refractivity contribution < 1.29 is 39.7 Å². The van der Waals surface area contributed by atoms with Crippen molar-refractivity contribution in [3.05, 3.63) is 48.0 Å². The van der Waals surface area contributed by atoms with Crippen molar-refractivity contribution in [3.63, 3.8) is 0 Å². The summed E-state index contributed by atoms with van der Waals surface area (Å²) in [5.74, 6) is 0. The lowest BCUT2D eigenvalue weighted by molar-refractivity contribution is -0.267. The molecule has 0 amide bonds. The van der Waals surface area contributed by atoms with Crippen LogP contribution in [-0.2, 0) is 21.5 Å². The van der Waals surface area contributed by atoms with Crippen molar-refractivity contribution >= 4 is 20.9 Å². The summed E-state index contributed by atoms with van der Waals surface area (Å²) < 4.78 is 98.5. The summed E-state index contributed by atoms with van der Waals surface area (Å²) >= 11 is 0. The van der Waals surface area contributed by atoms with Gasteiger partial charge in [-0.1, -0.05) is 36.4 Å². The molecule has 132 valence electrons. The van der Waals surface area contributed by atoms with Gasteiger partial charge in [0, 0.05) is 0 Å². The smallest absolute Gasteiger partial charge is 0.357 e. The third-order valence-electron chi connectivity index (χ3n) is 3.18. The first-order chi connectivity index (χ1) is 10.9. The first-order valence-corrected chi connectivity index (χ1v) is 7.88. The minimum atomic E-state index is -6.30. The zero-order valence-electron chi connectivity index (χ0n) is 11.8. The van der Waals surface area contributed by atoms with E-state index in [1.54, 1.807) is 30.3 Å². The predicted octanol–water partition coefficient (Wildman–Crippen LogP) is 3.77. The van der Waals surface area contributed by atoms with E-state index >= 15 is 0 Å². The van der Waals surface area contributed by atoms with E-state index in [4.69, 9.17) is 4.55 Å². The molecule has 0 saturated heterocycles. The van der Waals surface area contributed by atoms with Gasteiger partial charge >= 0.3 is 21.5 Å². The maximum Gasteiger partial charge on any atom is 0.421 e. The van der Waals surface area contributed by atoms with Gasteiger partial charge in [0.1, 0.15) is 0 Å². The number of hydrogen-bond donors (Lipinski definition) is 1. The second-order valence-electron chi connectivity index (χ2n) is 4.95. The highest BCUT2D eigenvalue weighted by Crippen LogP contribution is 2.38. The summed E-state index contributed by atoms with van der Waals surface area (Å²) in [5.41, 5.74) is 0.133. The third kappa shape index (κ3) is 3.82. The summed E-state index contributed by atoms with van der Waals surface area (Å²) in [6.45, 7) is -0.917. The van der Waals surface area contributed by atoms with Crippen LogP contribution in [0.4, 0.5) is 22.0 Å². The first kappa shape index (κ1) is 18.6. The van der Waals surface area contributed by atoms with Gasteiger partial charge in [-0.25, -0.2) is 0 Å². The lowest BCUT2D eigenvalue weighted by Crippen LogP contribution is -2.51. The Labute approximate surface area is 133 Å². The van der Waals surface area contributed by atoms with Gasteiger partial charge in [-0.3, -0.25) is 4.55 Å². The minimum Gasteiger partial charge on any atom is -0.357 e. The molecule has 0 aliphatic carbocycles. The number of alkyl halides is 5. The van der Waals surface area contributed by atoms with Crippen LogP contribution < -0.4 is 0 Å². The van der Waals surface area contributed by atoms with Crippen molar-refractivity contribution in [2.24, 2.45) is 0 Å². The molecular formula is C14H11F5O4S. The Morgan fingerprint density at radius 3 is 2.12 bits per heavy atom. The molecule has 0 aliphatic heterocycles. The number of fused-ring (bicyclic) bond motifs is 1. The molecule has 24 heavy (non-hydrogen) atoms. The Hall–Kier alpha value is -1.78. The van der Waals surface area contributed by atoms with Crippen LogP contribution in [0.1, 0.15) is 5.56 Å². The van der Waals surface area contributed by atoms with Gasteiger partial charge in [0.05, 0.1) is 6.61 Å². The van der Waals surface area contributed by atoms with Crippen LogP contribution in [0.25, 0.3) is 10.8 Å². The van der Waals surface area contributed by atoms with Crippen LogP contribution in [0.2, 0.25) is 0 Å². The van der Waals surface area contributed by atoms with E-state index in [9.17, 15) is 30.4 Å². The summed E-state index contributed by atoms with van der Waals surface area (Å²) in [6.07, 6.45) is -9.69. The lowest BCUT2D eigenvalue weighted by atomic mass is 10.1. The topological polar surface area (TPSA) is 63.6 Å². The molecule has 2 aromatic rings. The molecule has 0 saturated carbocycles. The summed E-state index contributed by atoms with van der Waals surface area (Å²) in [6, 6.07) is 11.2. The summed E-state index contributed by atoms with van der Waals surface area (Å²) in [4.78, 5) is 0. The lowest BCUT2D eigenvalue weighted by Gasteiger charge is -2.26. The molecule has 0 aromatic heterocycles. The number of benzene rings is 2. The van der Waals surface area contributed by atoms with Crippen LogP contribution in [0.15, 0.2) is 42.5 Å². The minimum absolute atomic E-state index is 0.133. The SMILES string of the molecule is O=S(=O)(O)C(F)(F)C(OCc1ccc2ccccc2c1)C(F)(F)F. The monoisotopic (exact) mass is 370 g/mol. The number of rotatable bonds is 5. The maximum atomic E-state index is 13.4. The molecule has 0 fully saturated rings. The molecule has 0 bridgehead atoms. The largest absolute Gasteiger partial charge is 0.421 e. The summed E-state index contributed by atoms with van der Waals surface area (Å²) in [7, 11) is -6.30. The summed E-state index contributed by atoms with van der Waals surface area (Å²) in [5, 5.41) is -4.11. The average molecular weight is 370 g/mol. The normalized spacial score (nSPS) is 14.8. The molecule has 1 unspecified atom stereocenters. The Balaban J connectivity index is 2.27. The highest BCUT2D eigenvalue weighted by Gasteiger charge is 2.64. The van der Waals surface area contributed by atoms with Crippen molar-refractivity contribution in [1.82, 2.24) is 0 Å². The number of halogens is 5. The molecule has 4 nitrogen and oxygen atoms in total. The van der Waals surface area contributed by atoms with E-state index < -0.39 is 34.3 Å². The van der Waals surface area contributed by atoms with Crippen molar-refractivity contribution in [1.29, 1.82) is 0 Å². The molecule has 0 radical (unpaired) electrons. The van der Waals surface area contributed by atoms with E-state index in [-0.39, 0.29) is 5.56 Å². The van der Waals surface area contributed by atoms with Gasteiger partial charge in [-0.2, -0.15) is 30.4 Å². The van der Waals surface area contributed by atoms with Gasteiger partial charge < -0.3 is 4.74 Å². The maximum absolute atomic E-state index is 13.4. The fourth-order valence-corrected chi connectivity index (χ4v) is 2.50. The van der Waals surface area contributed by atoms with Gasteiger partial charge in [0.25, 0.3) is 0 Å². The highest BCUT2D eigenvalue weighted by atomic mass is 32.2. The average Bonchev–Trinajstić information content (AvgIpc) is 2.44. The highest BCUT2D eigenvalue weighted by molar-refractivity contribution is 7.86. The Morgan fingerprint density at radius 1 is 1.00 bits per heavy atom. The van der Waals surface area contributed by atoms with E-state index in [1.807, 2.05) is 0 Å². The quantitative estimate of drug-likeness (QED) is 0.643.